The molecule has 0 atom stereocenters. The summed E-state index contributed by atoms with van der Waals surface area (Å²) in [5, 5.41) is 10.6. The van der Waals surface area contributed by atoms with Crippen molar-refractivity contribution in [2.24, 2.45) is 0 Å². The summed E-state index contributed by atoms with van der Waals surface area (Å²) in [6.07, 6.45) is 0. The van der Waals surface area contributed by atoms with E-state index in [9.17, 15) is 9.18 Å². The molecule has 2 aromatic carbocycles. The van der Waals surface area contributed by atoms with Gasteiger partial charge in [-0.05, 0) is 36.4 Å². The number of para-hydroxylation sites is 1. The highest BCUT2D eigenvalue weighted by molar-refractivity contribution is 9.10. The van der Waals surface area contributed by atoms with Gasteiger partial charge in [0.25, 0.3) is 5.22 Å². The number of nitrogens with one attached hydrogen (secondary N) is 1. The number of amides is 1. The fourth-order valence-electron chi connectivity index (χ4n) is 1.85. The van der Waals surface area contributed by atoms with Crippen molar-refractivity contribution in [3.05, 3.63) is 58.8 Å². The second-order valence-electron chi connectivity index (χ2n) is 4.70. The van der Waals surface area contributed by atoms with Crippen LogP contribution in [-0.2, 0) is 4.79 Å². The minimum absolute atomic E-state index is 0.0380. The largest absolute Gasteiger partial charge is 0.411 e. The molecule has 1 heterocycles. The Morgan fingerprint density at radius 1 is 1.17 bits per heavy atom. The molecule has 0 aliphatic carbocycles. The fraction of sp³-hybridized carbons (Fsp3) is 0.0625. The zero-order chi connectivity index (χ0) is 16.9. The van der Waals surface area contributed by atoms with Crippen LogP contribution in [0.15, 0.2) is 62.6 Å². The van der Waals surface area contributed by atoms with Gasteiger partial charge in [-0.2, -0.15) is 0 Å². The molecule has 0 aliphatic heterocycles. The second kappa shape index (κ2) is 7.59. The predicted octanol–water partition coefficient (Wildman–Crippen LogP) is 4.37. The number of halogens is 2. The Hall–Kier alpha value is -2.19. The zero-order valence-corrected chi connectivity index (χ0v) is 14.6. The number of hydrogen-bond acceptors (Lipinski definition) is 5. The molecule has 0 spiro atoms. The van der Waals surface area contributed by atoms with Crippen molar-refractivity contribution in [2.75, 3.05) is 11.1 Å². The molecular formula is C16H11BrFN3O2S. The summed E-state index contributed by atoms with van der Waals surface area (Å²) in [4.78, 5) is 11.9. The summed E-state index contributed by atoms with van der Waals surface area (Å²) in [5.41, 5.74) is 0.928. The summed E-state index contributed by atoms with van der Waals surface area (Å²) in [6.45, 7) is 0. The van der Waals surface area contributed by atoms with Crippen LogP contribution in [0.4, 0.5) is 10.1 Å². The summed E-state index contributed by atoms with van der Waals surface area (Å²) in [5.74, 6) is -0.421. The minimum atomic E-state index is -0.480. The van der Waals surface area contributed by atoms with E-state index in [1.54, 1.807) is 12.1 Å². The third-order valence-electron chi connectivity index (χ3n) is 2.97. The summed E-state index contributed by atoms with van der Waals surface area (Å²) >= 11 is 4.44. The first-order valence-electron chi connectivity index (χ1n) is 6.88. The molecule has 3 rings (SSSR count). The van der Waals surface area contributed by atoms with Crippen molar-refractivity contribution in [3.63, 3.8) is 0 Å². The summed E-state index contributed by atoms with van der Waals surface area (Å²) in [7, 11) is 0. The molecule has 1 amide bonds. The molecule has 0 bridgehead atoms. The van der Waals surface area contributed by atoms with E-state index in [-0.39, 0.29) is 22.6 Å². The molecular weight excluding hydrogens is 397 g/mol. The smallest absolute Gasteiger partial charge is 0.277 e. The quantitative estimate of drug-likeness (QED) is 0.635. The number of rotatable bonds is 5. The molecule has 0 aliphatic rings. The lowest BCUT2D eigenvalue weighted by atomic mass is 10.2. The Kier molecular flexibility index (Phi) is 5.27. The Bertz CT molecular complexity index is 855. The van der Waals surface area contributed by atoms with Crippen LogP contribution in [0.25, 0.3) is 11.5 Å². The third-order valence-corrected chi connectivity index (χ3v) is 4.32. The van der Waals surface area contributed by atoms with Gasteiger partial charge in [-0.1, -0.05) is 39.8 Å². The van der Waals surface area contributed by atoms with Gasteiger partial charge in [-0.15, -0.1) is 10.2 Å². The normalized spacial score (nSPS) is 10.6. The van der Waals surface area contributed by atoms with Crippen LogP contribution in [0.1, 0.15) is 0 Å². The molecule has 0 radical (unpaired) electrons. The van der Waals surface area contributed by atoms with Gasteiger partial charge in [0.05, 0.1) is 11.4 Å². The second-order valence-corrected chi connectivity index (χ2v) is 6.54. The SMILES string of the molecule is O=C(CSc1nnc(-c2ccc(Br)cc2)o1)Nc1ccccc1F. The van der Waals surface area contributed by atoms with Gasteiger partial charge in [0.15, 0.2) is 0 Å². The lowest BCUT2D eigenvalue weighted by Gasteiger charge is -2.04. The first kappa shape index (κ1) is 16.7. The third kappa shape index (κ3) is 4.21. The van der Waals surface area contributed by atoms with Crippen molar-refractivity contribution in [3.8, 4) is 11.5 Å². The van der Waals surface area contributed by atoms with Gasteiger partial charge in [0.1, 0.15) is 5.82 Å². The van der Waals surface area contributed by atoms with Crippen molar-refractivity contribution >= 4 is 39.3 Å². The number of anilines is 1. The first-order chi connectivity index (χ1) is 11.6. The Labute approximate surface area is 149 Å². The Morgan fingerprint density at radius 3 is 2.67 bits per heavy atom. The molecule has 0 saturated heterocycles. The van der Waals surface area contributed by atoms with Crippen molar-refractivity contribution in [2.45, 2.75) is 5.22 Å². The number of thioether (sulfide) groups is 1. The van der Waals surface area contributed by atoms with Crippen LogP contribution in [-0.4, -0.2) is 21.9 Å². The highest BCUT2D eigenvalue weighted by Gasteiger charge is 2.12. The van der Waals surface area contributed by atoms with E-state index in [0.717, 1.165) is 21.8 Å². The van der Waals surface area contributed by atoms with Crippen LogP contribution in [0, 0.1) is 5.82 Å². The molecule has 1 N–H and O–H groups in total. The number of nitrogens with zero attached hydrogens (tertiary/aromatic N) is 2. The monoisotopic (exact) mass is 407 g/mol. The summed E-state index contributed by atoms with van der Waals surface area (Å²) < 4.78 is 19.9. The van der Waals surface area contributed by atoms with E-state index in [0.29, 0.717) is 5.89 Å². The predicted molar refractivity (Wildman–Crippen MR) is 93.2 cm³/mol. The fourth-order valence-corrected chi connectivity index (χ4v) is 2.68. The Balaban J connectivity index is 1.58. The molecule has 0 fully saturated rings. The van der Waals surface area contributed by atoms with Crippen LogP contribution in [0.5, 0.6) is 0 Å². The number of aromatic nitrogens is 2. The van der Waals surface area contributed by atoms with E-state index in [1.807, 2.05) is 24.3 Å². The number of hydrogen-bond donors (Lipinski definition) is 1. The Morgan fingerprint density at radius 2 is 1.92 bits per heavy atom. The minimum Gasteiger partial charge on any atom is -0.411 e. The van der Waals surface area contributed by atoms with Crippen molar-refractivity contribution < 1.29 is 13.6 Å². The van der Waals surface area contributed by atoms with Gasteiger partial charge >= 0.3 is 0 Å². The molecule has 122 valence electrons. The van der Waals surface area contributed by atoms with Crippen LogP contribution < -0.4 is 5.32 Å². The average Bonchev–Trinajstić information content (AvgIpc) is 3.05. The van der Waals surface area contributed by atoms with Crippen LogP contribution in [0.2, 0.25) is 0 Å². The summed E-state index contributed by atoms with van der Waals surface area (Å²) in [6, 6.07) is 13.4. The van der Waals surface area contributed by atoms with E-state index in [4.69, 9.17) is 4.42 Å². The average molecular weight is 408 g/mol. The topological polar surface area (TPSA) is 68.0 Å². The molecule has 24 heavy (non-hydrogen) atoms. The van der Waals surface area contributed by atoms with Gasteiger partial charge in [0.2, 0.25) is 11.8 Å². The lowest BCUT2D eigenvalue weighted by molar-refractivity contribution is -0.113. The molecule has 1 aromatic heterocycles. The van der Waals surface area contributed by atoms with E-state index >= 15 is 0 Å². The lowest BCUT2D eigenvalue weighted by Crippen LogP contribution is -2.14. The van der Waals surface area contributed by atoms with Gasteiger partial charge in [0, 0.05) is 10.0 Å². The zero-order valence-electron chi connectivity index (χ0n) is 12.2. The highest BCUT2D eigenvalue weighted by atomic mass is 79.9. The van der Waals surface area contributed by atoms with Crippen LogP contribution in [0.3, 0.4) is 0 Å². The van der Waals surface area contributed by atoms with Gasteiger partial charge in [-0.3, -0.25) is 4.79 Å². The van der Waals surface area contributed by atoms with Crippen LogP contribution >= 0.6 is 27.7 Å². The number of carbonyl (C=O) groups excluding carboxylic acids is 1. The molecule has 8 heteroatoms. The van der Waals surface area contributed by atoms with Gasteiger partial charge < -0.3 is 9.73 Å². The highest BCUT2D eigenvalue weighted by Crippen LogP contribution is 2.24. The van der Waals surface area contributed by atoms with E-state index in [2.05, 4.69) is 31.4 Å². The molecule has 5 nitrogen and oxygen atoms in total. The molecule has 0 unspecified atom stereocenters. The van der Waals surface area contributed by atoms with Crippen molar-refractivity contribution in [1.29, 1.82) is 0 Å². The standard InChI is InChI=1S/C16H11BrFN3O2S/c17-11-7-5-10(6-8-11)15-20-21-16(23-15)24-9-14(22)19-13-4-2-1-3-12(13)18/h1-8H,9H2,(H,19,22). The van der Waals surface area contributed by atoms with Crippen molar-refractivity contribution in [1.82, 2.24) is 10.2 Å². The maximum absolute atomic E-state index is 13.5. The van der Waals surface area contributed by atoms with E-state index < -0.39 is 5.82 Å². The first-order valence-corrected chi connectivity index (χ1v) is 8.66. The maximum atomic E-state index is 13.5. The maximum Gasteiger partial charge on any atom is 0.277 e. The van der Waals surface area contributed by atoms with Gasteiger partial charge in [-0.25, -0.2) is 4.39 Å². The number of carbonyl (C=O) groups is 1. The molecule has 0 saturated carbocycles. The number of benzene rings is 2. The van der Waals surface area contributed by atoms with E-state index in [1.165, 1.54) is 12.1 Å². The molecule has 3 aromatic rings.